The minimum Gasteiger partial charge on any atom is -0.481 e. The molecule has 17 heavy (non-hydrogen) atoms. The minimum absolute atomic E-state index is 0.282. The van der Waals surface area contributed by atoms with E-state index in [2.05, 4.69) is 13.8 Å². The van der Waals surface area contributed by atoms with Crippen LogP contribution in [0.2, 0.25) is 0 Å². The third-order valence-electron chi connectivity index (χ3n) is 3.00. The van der Waals surface area contributed by atoms with Crippen LogP contribution in [0.1, 0.15) is 49.8 Å². The topological polar surface area (TPSA) is 57.5 Å². The maximum atomic E-state index is 10.8. The van der Waals surface area contributed by atoms with Crippen molar-refractivity contribution in [1.29, 1.82) is 0 Å². The maximum absolute atomic E-state index is 10.8. The largest absolute Gasteiger partial charge is 0.481 e. The standard InChI is InChI=1S/C14H20O3/c1-9(2)11-6-5-10(3)12(7-11)14(4,17)8-13(15)16/h5-7,9,17H,8H2,1-4H3,(H,15,16). The number of carbonyl (C=O) groups is 1. The molecule has 0 radical (unpaired) electrons. The number of aliphatic carboxylic acids is 1. The Morgan fingerprint density at radius 2 is 2.00 bits per heavy atom. The van der Waals surface area contributed by atoms with Gasteiger partial charge in [0.25, 0.3) is 0 Å². The van der Waals surface area contributed by atoms with Crippen molar-refractivity contribution in [2.24, 2.45) is 0 Å². The van der Waals surface area contributed by atoms with E-state index in [9.17, 15) is 9.90 Å². The first-order valence-electron chi connectivity index (χ1n) is 5.79. The Bertz CT molecular complexity index is 419. The van der Waals surface area contributed by atoms with Gasteiger partial charge in [0.1, 0.15) is 0 Å². The summed E-state index contributed by atoms with van der Waals surface area (Å²) in [5, 5.41) is 19.1. The molecule has 1 aromatic carbocycles. The van der Waals surface area contributed by atoms with Crippen LogP contribution in [-0.2, 0) is 10.4 Å². The fraction of sp³-hybridized carbons (Fsp3) is 0.500. The molecule has 0 bridgehead atoms. The molecule has 0 amide bonds. The molecule has 0 saturated heterocycles. The maximum Gasteiger partial charge on any atom is 0.306 e. The first-order chi connectivity index (χ1) is 7.74. The number of hydrogen-bond donors (Lipinski definition) is 2. The van der Waals surface area contributed by atoms with Crippen LogP contribution in [-0.4, -0.2) is 16.2 Å². The minimum atomic E-state index is -1.32. The Labute approximate surface area is 102 Å². The van der Waals surface area contributed by atoms with Gasteiger partial charge in [0.15, 0.2) is 0 Å². The van der Waals surface area contributed by atoms with Crippen molar-refractivity contribution in [3.05, 3.63) is 34.9 Å². The molecular formula is C14H20O3. The summed E-state index contributed by atoms with van der Waals surface area (Å²) in [7, 11) is 0. The van der Waals surface area contributed by atoms with Gasteiger partial charge >= 0.3 is 5.97 Å². The van der Waals surface area contributed by atoms with Gasteiger partial charge in [-0.1, -0.05) is 32.0 Å². The zero-order valence-corrected chi connectivity index (χ0v) is 10.8. The summed E-state index contributed by atoms with van der Waals surface area (Å²) in [6, 6.07) is 5.85. The van der Waals surface area contributed by atoms with Crippen LogP contribution in [0.25, 0.3) is 0 Å². The average Bonchev–Trinajstić information content (AvgIpc) is 2.15. The van der Waals surface area contributed by atoms with Crippen LogP contribution < -0.4 is 0 Å². The summed E-state index contributed by atoms with van der Waals surface area (Å²) < 4.78 is 0. The molecule has 0 aromatic heterocycles. The number of carboxylic acids is 1. The fourth-order valence-corrected chi connectivity index (χ4v) is 1.97. The predicted molar refractivity (Wildman–Crippen MR) is 67.1 cm³/mol. The van der Waals surface area contributed by atoms with Gasteiger partial charge in [-0.2, -0.15) is 0 Å². The summed E-state index contributed by atoms with van der Waals surface area (Å²) in [6.45, 7) is 7.57. The number of carboxylic acid groups (broad SMARTS) is 1. The SMILES string of the molecule is Cc1ccc(C(C)C)cc1C(C)(O)CC(=O)O. The Kier molecular flexibility index (Phi) is 3.94. The lowest BCUT2D eigenvalue weighted by Crippen LogP contribution is -2.26. The quantitative estimate of drug-likeness (QED) is 0.845. The fourth-order valence-electron chi connectivity index (χ4n) is 1.97. The highest BCUT2D eigenvalue weighted by Gasteiger charge is 2.28. The first kappa shape index (κ1) is 13.7. The van der Waals surface area contributed by atoms with Crippen molar-refractivity contribution in [2.45, 2.75) is 45.6 Å². The number of rotatable bonds is 4. The molecule has 3 heteroatoms. The highest BCUT2D eigenvalue weighted by atomic mass is 16.4. The van der Waals surface area contributed by atoms with Crippen molar-refractivity contribution in [2.75, 3.05) is 0 Å². The second kappa shape index (κ2) is 4.88. The lowest BCUT2D eigenvalue weighted by Gasteiger charge is -2.25. The summed E-state index contributed by atoms with van der Waals surface area (Å²) in [5.74, 6) is -0.640. The average molecular weight is 236 g/mol. The van der Waals surface area contributed by atoms with Crippen molar-refractivity contribution in [3.63, 3.8) is 0 Å². The number of hydrogen-bond acceptors (Lipinski definition) is 2. The number of benzene rings is 1. The highest BCUT2D eigenvalue weighted by Crippen LogP contribution is 2.30. The molecule has 1 unspecified atom stereocenters. The Hall–Kier alpha value is -1.35. The van der Waals surface area contributed by atoms with Crippen molar-refractivity contribution < 1.29 is 15.0 Å². The van der Waals surface area contributed by atoms with Gasteiger partial charge in [-0.15, -0.1) is 0 Å². The van der Waals surface area contributed by atoms with E-state index >= 15 is 0 Å². The lowest BCUT2D eigenvalue weighted by atomic mass is 9.86. The monoisotopic (exact) mass is 236 g/mol. The van der Waals surface area contributed by atoms with Crippen LogP contribution in [0.4, 0.5) is 0 Å². The van der Waals surface area contributed by atoms with Gasteiger partial charge in [0.05, 0.1) is 12.0 Å². The molecule has 1 atom stereocenters. The second-order valence-electron chi connectivity index (χ2n) is 5.07. The van der Waals surface area contributed by atoms with Crippen LogP contribution in [0.5, 0.6) is 0 Å². The summed E-state index contributed by atoms with van der Waals surface area (Å²) in [4.78, 5) is 10.8. The normalized spacial score (nSPS) is 14.7. The molecule has 0 aliphatic rings. The van der Waals surface area contributed by atoms with E-state index in [-0.39, 0.29) is 6.42 Å². The van der Waals surface area contributed by atoms with E-state index in [1.54, 1.807) is 6.92 Å². The summed E-state index contributed by atoms with van der Waals surface area (Å²) >= 11 is 0. The van der Waals surface area contributed by atoms with Gasteiger partial charge in [0, 0.05) is 0 Å². The van der Waals surface area contributed by atoms with Gasteiger partial charge in [-0.3, -0.25) is 4.79 Å². The van der Waals surface area contributed by atoms with Crippen LogP contribution in [0.15, 0.2) is 18.2 Å². The third kappa shape index (κ3) is 3.30. The molecule has 0 aliphatic carbocycles. The zero-order valence-electron chi connectivity index (χ0n) is 10.8. The van der Waals surface area contributed by atoms with Crippen LogP contribution in [0, 0.1) is 6.92 Å². The van der Waals surface area contributed by atoms with E-state index in [0.717, 1.165) is 11.1 Å². The van der Waals surface area contributed by atoms with E-state index in [1.165, 1.54) is 0 Å². The molecule has 2 N–H and O–H groups in total. The van der Waals surface area contributed by atoms with Gasteiger partial charge in [-0.25, -0.2) is 0 Å². The number of aryl methyl sites for hydroxylation is 1. The van der Waals surface area contributed by atoms with Crippen molar-refractivity contribution >= 4 is 5.97 Å². The lowest BCUT2D eigenvalue weighted by molar-refractivity contribution is -0.142. The summed E-state index contributed by atoms with van der Waals surface area (Å²) in [6.07, 6.45) is -0.282. The van der Waals surface area contributed by atoms with E-state index in [0.29, 0.717) is 11.5 Å². The molecule has 3 nitrogen and oxygen atoms in total. The zero-order chi connectivity index (χ0) is 13.2. The molecule has 0 saturated carbocycles. The highest BCUT2D eigenvalue weighted by molar-refractivity contribution is 5.68. The molecule has 0 spiro atoms. The molecule has 1 rings (SSSR count). The Morgan fingerprint density at radius 1 is 1.41 bits per heavy atom. The van der Waals surface area contributed by atoms with E-state index in [4.69, 9.17) is 5.11 Å². The summed E-state index contributed by atoms with van der Waals surface area (Å²) in [5.41, 5.74) is 1.41. The van der Waals surface area contributed by atoms with Gasteiger partial charge in [0.2, 0.25) is 0 Å². The molecule has 0 heterocycles. The Morgan fingerprint density at radius 3 is 2.47 bits per heavy atom. The number of aliphatic hydroxyl groups is 1. The predicted octanol–water partition coefficient (Wildman–Crippen LogP) is 2.80. The second-order valence-corrected chi connectivity index (χ2v) is 5.07. The van der Waals surface area contributed by atoms with Crippen LogP contribution in [0.3, 0.4) is 0 Å². The van der Waals surface area contributed by atoms with Gasteiger partial charge in [-0.05, 0) is 36.5 Å². The molecule has 94 valence electrons. The van der Waals surface area contributed by atoms with Crippen LogP contribution >= 0.6 is 0 Å². The van der Waals surface area contributed by atoms with E-state index < -0.39 is 11.6 Å². The van der Waals surface area contributed by atoms with Gasteiger partial charge < -0.3 is 10.2 Å². The smallest absolute Gasteiger partial charge is 0.306 e. The van der Waals surface area contributed by atoms with Crippen molar-refractivity contribution in [3.8, 4) is 0 Å². The molecule has 0 fully saturated rings. The Balaban J connectivity index is 3.19. The molecular weight excluding hydrogens is 216 g/mol. The molecule has 0 aliphatic heterocycles. The van der Waals surface area contributed by atoms with Crippen molar-refractivity contribution in [1.82, 2.24) is 0 Å². The van der Waals surface area contributed by atoms with E-state index in [1.807, 2.05) is 25.1 Å². The first-order valence-corrected chi connectivity index (χ1v) is 5.79. The molecule has 1 aromatic rings. The third-order valence-corrected chi connectivity index (χ3v) is 3.00.